The van der Waals surface area contributed by atoms with Gasteiger partial charge in [0.2, 0.25) is 5.91 Å². The lowest BCUT2D eigenvalue weighted by atomic mass is 9.80. The first-order valence-electron chi connectivity index (χ1n) is 10.5. The van der Waals surface area contributed by atoms with Gasteiger partial charge in [-0.2, -0.15) is 0 Å². The van der Waals surface area contributed by atoms with Crippen molar-refractivity contribution in [2.75, 3.05) is 5.32 Å². The number of hydrogen-bond acceptors (Lipinski definition) is 4. The van der Waals surface area contributed by atoms with E-state index in [0.29, 0.717) is 16.4 Å². The van der Waals surface area contributed by atoms with E-state index in [9.17, 15) is 9.59 Å². The van der Waals surface area contributed by atoms with E-state index in [1.807, 2.05) is 46.7 Å². The highest BCUT2D eigenvalue weighted by Crippen LogP contribution is 2.47. The maximum absolute atomic E-state index is 13.7. The second kappa shape index (κ2) is 8.44. The molecule has 2 amide bonds. The smallest absolute Gasteiger partial charge is 0.254 e. The van der Waals surface area contributed by atoms with Crippen LogP contribution in [0.4, 0.5) is 5.82 Å². The van der Waals surface area contributed by atoms with E-state index in [2.05, 4.69) is 10.3 Å². The molecule has 1 fully saturated rings. The largest absolute Gasteiger partial charge is 0.327 e. The molecule has 0 saturated heterocycles. The van der Waals surface area contributed by atoms with Crippen LogP contribution < -0.4 is 5.32 Å². The number of nitrogens with one attached hydrogen (secondary N) is 1. The van der Waals surface area contributed by atoms with Gasteiger partial charge in [0, 0.05) is 22.7 Å². The van der Waals surface area contributed by atoms with Gasteiger partial charge in [0.25, 0.3) is 5.91 Å². The second-order valence-corrected chi connectivity index (χ2v) is 9.44. The van der Waals surface area contributed by atoms with Crippen LogP contribution in [0.2, 0.25) is 5.02 Å². The van der Waals surface area contributed by atoms with Gasteiger partial charge >= 0.3 is 0 Å². The van der Waals surface area contributed by atoms with E-state index >= 15 is 0 Å². The lowest BCUT2D eigenvalue weighted by Gasteiger charge is -2.44. The molecule has 2 atom stereocenters. The molecule has 1 aromatic carbocycles. The molecule has 1 saturated carbocycles. The van der Waals surface area contributed by atoms with Crippen molar-refractivity contribution in [3.63, 3.8) is 0 Å². The summed E-state index contributed by atoms with van der Waals surface area (Å²) in [5, 5.41) is 5.47. The monoisotopic (exact) mass is 451 g/mol. The normalized spacial score (nSPS) is 21.2. The van der Waals surface area contributed by atoms with Crippen LogP contribution in [0.15, 0.2) is 60.1 Å². The van der Waals surface area contributed by atoms with E-state index in [0.717, 1.165) is 36.1 Å². The minimum atomic E-state index is -0.523. The molecule has 31 heavy (non-hydrogen) atoms. The average molecular weight is 452 g/mol. The number of pyridine rings is 1. The van der Waals surface area contributed by atoms with Gasteiger partial charge in [-0.15, -0.1) is 11.3 Å². The summed E-state index contributed by atoms with van der Waals surface area (Å²) in [6.07, 6.45) is 5.68. The lowest BCUT2D eigenvalue weighted by molar-refractivity contribution is -0.119. The van der Waals surface area contributed by atoms with Gasteiger partial charge in [-0.25, -0.2) is 4.98 Å². The molecule has 2 aliphatic rings. The van der Waals surface area contributed by atoms with Gasteiger partial charge in [0.1, 0.15) is 5.82 Å². The number of hydrogen-bond donors (Lipinski definition) is 1. The highest BCUT2D eigenvalue weighted by atomic mass is 35.5. The Morgan fingerprint density at radius 2 is 1.90 bits per heavy atom. The van der Waals surface area contributed by atoms with Crippen molar-refractivity contribution in [1.29, 1.82) is 0 Å². The highest BCUT2D eigenvalue weighted by molar-refractivity contribution is 7.10. The quantitative estimate of drug-likeness (QED) is 0.556. The summed E-state index contributed by atoms with van der Waals surface area (Å²) in [7, 11) is 0. The highest BCUT2D eigenvalue weighted by Gasteiger charge is 2.47. The van der Waals surface area contributed by atoms with Crippen LogP contribution in [0.25, 0.3) is 0 Å². The zero-order chi connectivity index (χ0) is 21.4. The van der Waals surface area contributed by atoms with Gasteiger partial charge < -0.3 is 10.2 Å². The number of rotatable bonds is 4. The van der Waals surface area contributed by atoms with Gasteiger partial charge in [0.15, 0.2) is 0 Å². The molecule has 5 nitrogen and oxygen atoms in total. The Kier molecular flexibility index (Phi) is 5.50. The maximum atomic E-state index is 13.7. The summed E-state index contributed by atoms with van der Waals surface area (Å²) in [6, 6.07) is 14.7. The van der Waals surface area contributed by atoms with Gasteiger partial charge in [-0.3, -0.25) is 9.59 Å². The van der Waals surface area contributed by atoms with Crippen LogP contribution in [0.3, 0.4) is 0 Å². The van der Waals surface area contributed by atoms with Crippen LogP contribution in [0.1, 0.15) is 58.4 Å². The van der Waals surface area contributed by atoms with Crippen molar-refractivity contribution in [3.8, 4) is 0 Å². The van der Waals surface area contributed by atoms with Gasteiger partial charge in [0.05, 0.1) is 17.0 Å². The number of fused-ring (bicyclic) bond motifs is 1. The number of anilines is 1. The van der Waals surface area contributed by atoms with Gasteiger partial charge in [-0.05, 0) is 48.1 Å². The summed E-state index contributed by atoms with van der Waals surface area (Å²) < 4.78 is 0. The van der Waals surface area contributed by atoms with E-state index < -0.39 is 5.92 Å². The third-order valence-electron chi connectivity index (χ3n) is 6.19. The molecule has 0 unspecified atom stereocenters. The molecule has 1 aliphatic heterocycles. The Hall–Kier alpha value is -2.70. The van der Waals surface area contributed by atoms with E-state index in [-0.39, 0.29) is 23.9 Å². The fraction of sp³-hybridized carbons (Fsp3) is 0.292. The first kappa shape index (κ1) is 20.2. The van der Waals surface area contributed by atoms with Crippen molar-refractivity contribution in [1.82, 2.24) is 9.88 Å². The maximum Gasteiger partial charge on any atom is 0.254 e. The summed E-state index contributed by atoms with van der Waals surface area (Å²) in [4.78, 5) is 34.6. The van der Waals surface area contributed by atoms with E-state index in [1.165, 1.54) is 6.20 Å². The topological polar surface area (TPSA) is 62.3 Å². The van der Waals surface area contributed by atoms with E-state index in [1.54, 1.807) is 23.5 Å². The Balaban J connectivity index is 1.61. The summed E-state index contributed by atoms with van der Waals surface area (Å²) in [5.74, 6) is -0.225. The molecular weight excluding hydrogens is 430 g/mol. The fourth-order valence-corrected chi connectivity index (χ4v) is 5.81. The number of halogens is 1. The number of benzene rings is 1. The molecule has 0 radical (unpaired) electrons. The number of carbonyl (C=O) groups is 2. The third kappa shape index (κ3) is 3.75. The molecule has 1 aliphatic carbocycles. The SMILES string of the molecule is O=C(Nc1ccc(Cl)cn1)[C@@H]1c2ccccc2C(=O)N(C2CCCC2)[C@H]1c1cccs1. The van der Waals surface area contributed by atoms with Crippen LogP contribution in [-0.4, -0.2) is 27.7 Å². The van der Waals surface area contributed by atoms with Crippen LogP contribution in [-0.2, 0) is 4.79 Å². The number of nitrogens with zero attached hydrogens (tertiary/aromatic N) is 2. The number of thiophene rings is 1. The molecule has 7 heteroatoms. The molecule has 1 N–H and O–H groups in total. The van der Waals surface area contributed by atoms with Crippen molar-refractivity contribution in [3.05, 3.63) is 81.1 Å². The van der Waals surface area contributed by atoms with Crippen molar-refractivity contribution in [2.45, 2.75) is 43.7 Å². The van der Waals surface area contributed by atoms with E-state index in [4.69, 9.17) is 11.6 Å². The molecule has 5 rings (SSSR count). The Morgan fingerprint density at radius 1 is 1.10 bits per heavy atom. The van der Waals surface area contributed by atoms with Crippen molar-refractivity contribution in [2.24, 2.45) is 0 Å². The summed E-state index contributed by atoms with van der Waals surface area (Å²) >= 11 is 7.54. The number of amides is 2. The minimum absolute atomic E-state index is 0.0227. The second-order valence-electron chi connectivity index (χ2n) is 8.03. The Labute approximate surface area is 190 Å². The zero-order valence-corrected chi connectivity index (χ0v) is 18.4. The predicted octanol–water partition coefficient (Wildman–Crippen LogP) is 5.66. The molecule has 2 aromatic heterocycles. The number of carbonyl (C=O) groups excluding carboxylic acids is 2. The molecule has 3 aromatic rings. The van der Waals surface area contributed by atoms with Crippen molar-refractivity contribution < 1.29 is 9.59 Å². The van der Waals surface area contributed by atoms with Crippen LogP contribution in [0.5, 0.6) is 0 Å². The molecule has 0 spiro atoms. The Morgan fingerprint density at radius 3 is 2.61 bits per heavy atom. The van der Waals surface area contributed by atoms with Gasteiger partial charge in [-0.1, -0.05) is 48.7 Å². The zero-order valence-electron chi connectivity index (χ0n) is 16.8. The van der Waals surface area contributed by atoms with Crippen molar-refractivity contribution >= 4 is 40.6 Å². The molecule has 3 heterocycles. The van der Waals surface area contributed by atoms with Crippen LogP contribution in [0, 0.1) is 0 Å². The third-order valence-corrected chi connectivity index (χ3v) is 7.36. The van der Waals surface area contributed by atoms with Crippen LogP contribution >= 0.6 is 22.9 Å². The standard InChI is InChI=1S/C24H22ClN3O2S/c25-15-11-12-20(26-14-15)27-23(29)21-17-8-3-4-9-18(17)24(30)28(16-6-1-2-7-16)22(21)19-10-5-13-31-19/h3-5,8-14,16,21-22H,1-2,6-7H2,(H,26,27,29)/t21-,22+/m1/s1. The summed E-state index contributed by atoms with van der Waals surface area (Å²) in [6.45, 7) is 0. The first-order chi connectivity index (χ1) is 15.1. The first-order valence-corrected chi connectivity index (χ1v) is 11.8. The molecule has 0 bridgehead atoms. The molecule has 158 valence electrons. The summed E-state index contributed by atoms with van der Waals surface area (Å²) in [5.41, 5.74) is 1.39. The predicted molar refractivity (Wildman–Crippen MR) is 123 cm³/mol. The molecular formula is C24H22ClN3O2S. The minimum Gasteiger partial charge on any atom is -0.327 e. The fourth-order valence-electron chi connectivity index (χ4n) is 4.83. The Bertz CT molecular complexity index is 1090. The number of aromatic nitrogens is 1. The average Bonchev–Trinajstić information content (AvgIpc) is 3.49. The lowest BCUT2D eigenvalue weighted by Crippen LogP contribution is -2.49.